The van der Waals surface area contributed by atoms with E-state index in [-0.39, 0.29) is 21.8 Å². The molecule has 0 amide bonds. The molecule has 0 aromatic carbocycles. The van der Waals surface area contributed by atoms with Gasteiger partial charge >= 0.3 is 0 Å². The summed E-state index contributed by atoms with van der Waals surface area (Å²) in [7, 11) is 0. The molecule has 9 aliphatic rings. The second-order valence-electron chi connectivity index (χ2n) is 15.6. The zero-order chi connectivity index (χ0) is 26.2. The fourth-order valence-electron chi connectivity index (χ4n) is 12.0. The van der Waals surface area contributed by atoms with Crippen LogP contribution in [0.4, 0.5) is 4.70 Å². The van der Waals surface area contributed by atoms with Crippen molar-refractivity contribution < 1.29 is 21.8 Å². The van der Waals surface area contributed by atoms with Crippen molar-refractivity contribution in [2.45, 2.75) is 152 Å². The van der Waals surface area contributed by atoms with Gasteiger partial charge in [0.05, 0.1) is 49.3 Å². The standard InChI is InChI=1S/C32H56N8.Cu.FH/c1-2-10-18-17(9-1)25-33-26(18)38-28-21-13-5-6-14-22(21)30(35-28)40-32-24-16-8-7-15-23(24)31(36-32)39-29-20-12-4-3-11-19(20)27(34-29)37-25;;/h17-40H,1-16H2;;1H. The molecule has 0 aromatic rings. The first-order valence-corrected chi connectivity index (χ1v) is 17.9. The predicted molar refractivity (Wildman–Crippen MR) is 160 cm³/mol. The van der Waals surface area contributed by atoms with Crippen LogP contribution in [0.1, 0.15) is 103 Å². The van der Waals surface area contributed by atoms with Gasteiger partial charge in [-0.25, -0.2) is 0 Å². The average Bonchev–Trinajstić information content (AvgIpc) is 3.73. The van der Waals surface area contributed by atoms with E-state index >= 15 is 0 Å². The first kappa shape index (κ1) is 30.8. The Balaban J connectivity index is 0.00000144. The Kier molecular flexibility index (Phi) is 9.33. The van der Waals surface area contributed by atoms with Crippen LogP contribution in [0, 0.1) is 47.3 Å². The van der Waals surface area contributed by atoms with Crippen LogP contribution in [-0.2, 0) is 17.1 Å². The molecule has 9 rings (SSSR count). The van der Waals surface area contributed by atoms with Gasteiger partial charge in [0, 0.05) is 17.1 Å². The third kappa shape index (κ3) is 5.26. The largest absolute Gasteiger partial charge is 0.286 e. The zero-order valence-corrected chi connectivity index (χ0v) is 26.2. The molecule has 8 unspecified atom stereocenters. The van der Waals surface area contributed by atoms with Crippen molar-refractivity contribution in [1.82, 2.24) is 42.5 Å². The molecular formula is C32H57CuFN8. The van der Waals surface area contributed by atoms with Crippen LogP contribution in [0.5, 0.6) is 0 Å². The van der Waals surface area contributed by atoms with Gasteiger partial charge in [-0.05, 0) is 98.7 Å². The van der Waals surface area contributed by atoms with Gasteiger partial charge in [-0.2, -0.15) is 0 Å². The summed E-state index contributed by atoms with van der Waals surface area (Å²) < 4.78 is 0. The Morgan fingerprint density at radius 1 is 0.238 bits per heavy atom. The third-order valence-corrected chi connectivity index (χ3v) is 13.8. The minimum absolute atomic E-state index is 0. The summed E-state index contributed by atoms with van der Waals surface area (Å²) in [6.07, 6.45) is 25.6. The van der Waals surface area contributed by atoms with Crippen molar-refractivity contribution in [3.8, 4) is 0 Å². The molecule has 5 heterocycles. The summed E-state index contributed by atoms with van der Waals surface area (Å²) in [5.41, 5.74) is 0. The number of hydrogen-bond acceptors (Lipinski definition) is 8. The van der Waals surface area contributed by atoms with Gasteiger partial charge in [-0.1, -0.05) is 51.4 Å². The van der Waals surface area contributed by atoms with Gasteiger partial charge in [-0.3, -0.25) is 47.2 Å². The average molecular weight is 636 g/mol. The van der Waals surface area contributed by atoms with Crippen LogP contribution in [-0.4, -0.2) is 49.3 Å². The van der Waals surface area contributed by atoms with Gasteiger partial charge < -0.3 is 0 Å². The van der Waals surface area contributed by atoms with Crippen molar-refractivity contribution in [2.75, 3.05) is 0 Å². The second kappa shape index (κ2) is 12.7. The third-order valence-electron chi connectivity index (χ3n) is 13.8. The van der Waals surface area contributed by atoms with Crippen molar-refractivity contribution >= 4 is 0 Å². The van der Waals surface area contributed by atoms with Crippen LogP contribution in [0.3, 0.4) is 0 Å². The van der Waals surface area contributed by atoms with E-state index in [2.05, 4.69) is 42.5 Å². The van der Waals surface area contributed by atoms with Crippen LogP contribution < -0.4 is 42.5 Å². The Morgan fingerprint density at radius 2 is 0.357 bits per heavy atom. The smallest absolute Gasteiger partial charge is 0.0628 e. The number of rotatable bonds is 0. The van der Waals surface area contributed by atoms with Crippen LogP contribution in [0.25, 0.3) is 0 Å². The molecule has 8 bridgehead atoms. The predicted octanol–water partition coefficient (Wildman–Crippen LogP) is 2.76. The molecule has 0 aromatic heterocycles. The van der Waals surface area contributed by atoms with Crippen molar-refractivity contribution in [3.05, 3.63) is 0 Å². The van der Waals surface area contributed by atoms with Gasteiger partial charge in [0.15, 0.2) is 0 Å². The van der Waals surface area contributed by atoms with Crippen LogP contribution in [0.15, 0.2) is 0 Å². The van der Waals surface area contributed by atoms with Gasteiger partial charge in [0.1, 0.15) is 0 Å². The Bertz CT molecular complexity index is 723. The van der Waals surface area contributed by atoms with Crippen molar-refractivity contribution in [2.24, 2.45) is 47.3 Å². The summed E-state index contributed by atoms with van der Waals surface area (Å²) in [5.74, 6) is 5.97. The quantitative estimate of drug-likeness (QED) is 0.193. The minimum Gasteiger partial charge on any atom is -0.286 e. The van der Waals surface area contributed by atoms with Gasteiger partial charge in [0.25, 0.3) is 0 Å². The molecule has 5 aliphatic heterocycles. The van der Waals surface area contributed by atoms with E-state index in [9.17, 15) is 0 Å². The Morgan fingerprint density at radius 3 is 0.476 bits per heavy atom. The van der Waals surface area contributed by atoms with Gasteiger partial charge in [-0.15, -0.1) is 0 Å². The Labute approximate surface area is 263 Å². The van der Waals surface area contributed by atoms with Crippen molar-refractivity contribution in [3.63, 3.8) is 0 Å². The second-order valence-corrected chi connectivity index (χ2v) is 15.6. The maximum absolute atomic E-state index is 4.26. The van der Waals surface area contributed by atoms with E-state index in [1.807, 2.05) is 0 Å². The normalized spacial score (nSPS) is 54.9. The van der Waals surface area contributed by atoms with Crippen LogP contribution in [0.2, 0.25) is 0 Å². The molecule has 9 fully saturated rings. The van der Waals surface area contributed by atoms with Crippen LogP contribution >= 0.6 is 0 Å². The van der Waals surface area contributed by atoms with E-state index < -0.39 is 0 Å². The maximum Gasteiger partial charge on any atom is 0.0628 e. The first-order valence-electron chi connectivity index (χ1n) is 17.9. The zero-order valence-electron chi connectivity index (χ0n) is 25.3. The molecule has 10 heteroatoms. The molecular weight excluding hydrogens is 579 g/mol. The molecule has 8 nitrogen and oxygen atoms in total. The fraction of sp³-hybridized carbons (Fsp3) is 1.00. The molecule has 42 heavy (non-hydrogen) atoms. The van der Waals surface area contributed by atoms with E-state index in [1.54, 1.807) is 0 Å². The van der Waals surface area contributed by atoms with E-state index in [4.69, 9.17) is 0 Å². The maximum atomic E-state index is 4.26. The molecule has 5 saturated heterocycles. The summed E-state index contributed by atoms with van der Waals surface area (Å²) in [4.78, 5) is 0. The molecule has 4 saturated carbocycles. The molecule has 4 aliphatic carbocycles. The first-order chi connectivity index (χ1) is 19.8. The molecule has 243 valence electrons. The molecule has 0 spiro atoms. The van der Waals surface area contributed by atoms with E-state index in [1.165, 1.54) is 103 Å². The number of halogens is 1. The molecule has 1 radical (unpaired) electrons. The summed E-state index contributed by atoms with van der Waals surface area (Å²) in [6.45, 7) is 0. The summed E-state index contributed by atoms with van der Waals surface area (Å²) in [6, 6.07) is 0. The molecule has 8 atom stereocenters. The topological polar surface area (TPSA) is 96.2 Å². The van der Waals surface area contributed by atoms with E-state index in [0.29, 0.717) is 49.3 Å². The number of nitrogens with one attached hydrogen (secondary N) is 8. The van der Waals surface area contributed by atoms with E-state index in [0.717, 1.165) is 47.3 Å². The monoisotopic (exact) mass is 635 g/mol. The fourth-order valence-corrected chi connectivity index (χ4v) is 12.0. The summed E-state index contributed by atoms with van der Waals surface area (Å²) >= 11 is 0. The SMILES string of the molecule is C1CCC2C3NC(NC4NC(NC5NC(NC6NC(N3)C3CCCCC63)C3CCCCC53)C3CCCCC43)C2C1.F.[Cu]. The number of fused-ring (bicyclic) bond motifs is 20. The van der Waals surface area contributed by atoms with Crippen molar-refractivity contribution in [1.29, 1.82) is 0 Å². The molecule has 8 N–H and O–H groups in total. The Hall–Kier alpha value is 0.129. The van der Waals surface area contributed by atoms with Gasteiger partial charge in [0.2, 0.25) is 0 Å². The summed E-state index contributed by atoms with van der Waals surface area (Å²) in [5, 5.41) is 33.8. The minimum atomic E-state index is 0. The number of hydrogen-bond donors (Lipinski definition) is 8.